The Kier molecular flexibility index (Phi) is 4.89. The van der Waals surface area contributed by atoms with Gasteiger partial charge in [0.05, 0.1) is 22.6 Å². The predicted octanol–water partition coefficient (Wildman–Crippen LogP) is 3.24. The summed E-state index contributed by atoms with van der Waals surface area (Å²) in [4.78, 5) is 14.3. The van der Waals surface area contributed by atoms with Crippen LogP contribution in [-0.2, 0) is 0 Å². The van der Waals surface area contributed by atoms with Crippen LogP contribution in [0.15, 0.2) is 30.3 Å². The van der Waals surface area contributed by atoms with Crippen molar-refractivity contribution in [2.24, 2.45) is 0 Å². The second-order valence-corrected chi connectivity index (χ2v) is 5.02. The number of hydrogen-bond acceptors (Lipinski definition) is 5. The summed E-state index contributed by atoms with van der Waals surface area (Å²) in [5.74, 6) is -0.246. The fourth-order valence-corrected chi connectivity index (χ4v) is 2.09. The zero-order chi connectivity index (χ0) is 16.3. The Bertz CT molecular complexity index is 712. The van der Waals surface area contributed by atoms with Crippen LogP contribution in [0.25, 0.3) is 0 Å². The van der Waals surface area contributed by atoms with E-state index < -0.39 is 16.8 Å². The van der Waals surface area contributed by atoms with E-state index in [1.807, 2.05) is 0 Å². The van der Waals surface area contributed by atoms with Crippen LogP contribution in [0, 0.1) is 22.9 Å². The largest absolute Gasteiger partial charge is 0.394 e. The van der Waals surface area contributed by atoms with Crippen LogP contribution in [0.3, 0.4) is 0 Å². The van der Waals surface area contributed by atoms with Gasteiger partial charge in [-0.05, 0) is 30.7 Å². The third-order valence-corrected chi connectivity index (χ3v) is 3.41. The molecular weight excluding hydrogens is 313 g/mol. The van der Waals surface area contributed by atoms with Gasteiger partial charge in [0.1, 0.15) is 17.3 Å². The highest BCUT2D eigenvalue weighted by Crippen LogP contribution is 2.24. The van der Waals surface area contributed by atoms with Crippen LogP contribution in [0.1, 0.15) is 17.3 Å². The van der Waals surface area contributed by atoms with Crippen LogP contribution >= 0.6 is 11.6 Å². The minimum absolute atomic E-state index is 0.00950. The first-order valence-corrected chi connectivity index (χ1v) is 6.74. The zero-order valence-corrected chi connectivity index (χ0v) is 12.3. The number of halogens is 2. The number of aliphatic hydroxyl groups excluding tert-OH is 1. The standard InChI is InChI=1S/C14H13ClFN3O3/c1-8-13(19(21)22)4-5-14(17-8)18-12(7-20)9-2-3-10(15)11(16)6-9/h2-6,12,20H,7H2,1H3,(H,17,18)/t12-/m0/s1. The van der Waals surface area contributed by atoms with E-state index in [0.717, 1.165) is 0 Å². The molecule has 1 atom stereocenters. The van der Waals surface area contributed by atoms with E-state index in [0.29, 0.717) is 11.4 Å². The maximum atomic E-state index is 13.5. The molecule has 22 heavy (non-hydrogen) atoms. The van der Waals surface area contributed by atoms with Gasteiger partial charge in [-0.1, -0.05) is 17.7 Å². The predicted molar refractivity (Wildman–Crippen MR) is 80.5 cm³/mol. The maximum absolute atomic E-state index is 13.5. The van der Waals surface area contributed by atoms with Crippen molar-refractivity contribution < 1.29 is 14.4 Å². The Balaban J connectivity index is 2.25. The number of aromatic nitrogens is 1. The summed E-state index contributed by atoms with van der Waals surface area (Å²) in [5, 5.41) is 23.1. The number of nitro groups is 1. The van der Waals surface area contributed by atoms with Crippen LogP contribution < -0.4 is 5.32 Å². The summed E-state index contributed by atoms with van der Waals surface area (Å²) >= 11 is 5.62. The summed E-state index contributed by atoms with van der Waals surface area (Å²) in [6.07, 6.45) is 0. The molecule has 0 bridgehead atoms. The Morgan fingerprint density at radius 2 is 2.18 bits per heavy atom. The van der Waals surface area contributed by atoms with Crippen LogP contribution in [0.4, 0.5) is 15.9 Å². The van der Waals surface area contributed by atoms with E-state index >= 15 is 0 Å². The number of nitrogens with one attached hydrogen (secondary N) is 1. The molecule has 0 unspecified atom stereocenters. The summed E-state index contributed by atoms with van der Waals surface area (Å²) in [7, 11) is 0. The molecule has 0 amide bonds. The minimum atomic E-state index is -0.611. The first kappa shape index (κ1) is 16.1. The molecule has 0 spiro atoms. The highest BCUT2D eigenvalue weighted by atomic mass is 35.5. The Labute approximate surface area is 130 Å². The van der Waals surface area contributed by atoms with Gasteiger partial charge in [-0.15, -0.1) is 0 Å². The van der Waals surface area contributed by atoms with E-state index in [1.165, 1.54) is 31.2 Å². The Morgan fingerprint density at radius 1 is 1.45 bits per heavy atom. The fourth-order valence-electron chi connectivity index (χ4n) is 1.97. The number of benzene rings is 1. The minimum Gasteiger partial charge on any atom is -0.394 e. The lowest BCUT2D eigenvalue weighted by Crippen LogP contribution is -2.16. The fraction of sp³-hybridized carbons (Fsp3) is 0.214. The number of hydrogen-bond donors (Lipinski definition) is 2. The third-order valence-electron chi connectivity index (χ3n) is 3.11. The van der Waals surface area contributed by atoms with Gasteiger partial charge < -0.3 is 10.4 Å². The van der Waals surface area contributed by atoms with E-state index in [1.54, 1.807) is 6.07 Å². The molecule has 116 valence electrons. The monoisotopic (exact) mass is 325 g/mol. The molecule has 6 nitrogen and oxygen atoms in total. The lowest BCUT2D eigenvalue weighted by molar-refractivity contribution is -0.385. The Hall–Kier alpha value is -2.25. The normalized spacial score (nSPS) is 12.0. The zero-order valence-electron chi connectivity index (χ0n) is 11.6. The highest BCUT2D eigenvalue weighted by Gasteiger charge is 2.16. The molecule has 8 heteroatoms. The lowest BCUT2D eigenvalue weighted by atomic mass is 10.1. The van der Waals surface area contributed by atoms with E-state index in [2.05, 4.69) is 10.3 Å². The van der Waals surface area contributed by atoms with Crippen molar-refractivity contribution in [1.29, 1.82) is 0 Å². The molecule has 0 saturated carbocycles. The van der Waals surface area contributed by atoms with E-state index in [-0.39, 0.29) is 23.0 Å². The van der Waals surface area contributed by atoms with Crippen molar-refractivity contribution in [1.82, 2.24) is 4.98 Å². The molecule has 0 aliphatic rings. The quantitative estimate of drug-likeness (QED) is 0.651. The molecule has 0 saturated heterocycles. The molecule has 1 heterocycles. The van der Waals surface area contributed by atoms with Gasteiger partial charge in [0.2, 0.25) is 0 Å². The number of anilines is 1. The number of pyridine rings is 1. The van der Waals surface area contributed by atoms with Crippen molar-refractivity contribution in [3.05, 3.63) is 62.5 Å². The molecule has 0 aliphatic carbocycles. The van der Waals surface area contributed by atoms with Crippen LogP contribution in [0.5, 0.6) is 0 Å². The molecular formula is C14H13ClFN3O3. The lowest BCUT2D eigenvalue weighted by Gasteiger charge is -2.18. The maximum Gasteiger partial charge on any atom is 0.290 e. The number of aryl methyl sites for hydroxylation is 1. The second kappa shape index (κ2) is 6.67. The highest BCUT2D eigenvalue weighted by molar-refractivity contribution is 6.30. The second-order valence-electron chi connectivity index (χ2n) is 4.61. The SMILES string of the molecule is Cc1nc(N[C@@H](CO)c2ccc(Cl)c(F)c2)ccc1[N+](=O)[O-]. The van der Waals surface area contributed by atoms with Gasteiger partial charge >= 0.3 is 0 Å². The van der Waals surface area contributed by atoms with Crippen molar-refractivity contribution >= 4 is 23.1 Å². The first-order valence-electron chi connectivity index (χ1n) is 6.36. The summed E-state index contributed by atoms with van der Waals surface area (Å²) < 4.78 is 13.5. The summed E-state index contributed by atoms with van der Waals surface area (Å²) in [5.41, 5.74) is 0.639. The van der Waals surface area contributed by atoms with Crippen LogP contribution in [0.2, 0.25) is 5.02 Å². The topological polar surface area (TPSA) is 88.3 Å². The molecule has 0 fully saturated rings. The van der Waals surface area contributed by atoms with Crippen molar-refractivity contribution in [2.75, 3.05) is 11.9 Å². The summed E-state index contributed by atoms with van der Waals surface area (Å²) in [6, 6.07) is 6.33. The molecule has 2 N–H and O–H groups in total. The smallest absolute Gasteiger partial charge is 0.290 e. The average Bonchev–Trinajstić information content (AvgIpc) is 2.47. The molecule has 0 aliphatic heterocycles. The van der Waals surface area contributed by atoms with E-state index in [9.17, 15) is 19.6 Å². The average molecular weight is 326 g/mol. The Morgan fingerprint density at radius 3 is 2.73 bits per heavy atom. The molecule has 2 rings (SSSR count). The molecule has 0 radical (unpaired) electrons. The van der Waals surface area contributed by atoms with Gasteiger partial charge in [0.25, 0.3) is 5.69 Å². The molecule has 1 aromatic heterocycles. The van der Waals surface area contributed by atoms with Gasteiger partial charge in [-0.25, -0.2) is 9.37 Å². The van der Waals surface area contributed by atoms with Crippen molar-refractivity contribution in [3.63, 3.8) is 0 Å². The van der Waals surface area contributed by atoms with Gasteiger partial charge in [-0.3, -0.25) is 10.1 Å². The van der Waals surface area contributed by atoms with Crippen LogP contribution in [-0.4, -0.2) is 21.6 Å². The first-order chi connectivity index (χ1) is 10.4. The van der Waals surface area contributed by atoms with Gasteiger partial charge in [-0.2, -0.15) is 0 Å². The molecule has 1 aromatic carbocycles. The van der Waals surface area contributed by atoms with Gasteiger partial charge in [0, 0.05) is 6.07 Å². The molecule has 2 aromatic rings. The van der Waals surface area contributed by atoms with Crippen molar-refractivity contribution in [2.45, 2.75) is 13.0 Å². The third kappa shape index (κ3) is 3.49. The van der Waals surface area contributed by atoms with Crippen molar-refractivity contribution in [3.8, 4) is 0 Å². The van der Waals surface area contributed by atoms with Gasteiger partial charge in [0.15, 0.2) is 0 Å². The van der Waals surface area contributed by atoms with E-state index in [4.69, 9.17) is 11.6 Å². The summed E-state index contributed by atoms with van der Waals surface area (Å²) in [6.45, 7) is 1.21. The number of rotatable bonds is 5. The number of nitrogens with zero attached hydrogens (tertiary/aromatic N) is 2. The number of aliphatic hydroxyl groups is 1.